The fraction of sp³-hybridized carbons (Fsp3) is 0.600. The third-order valence-corrected chi connectivity index (χ3v) is 7.56. The number of halogens is 6. The van der Waals surface area contributed by atoms with E-state index in [1.807, 2.05) is 0 Å². The minimum Gasteiger partial charge on any atom is -0.216 e. The molecule has 1 aromatic rings. The Hall–Kier alpha value is -0.980. The van der Waals surface area contributed by atoms with Gasteiger partial charge in [0.25, 0.3) is 16.1 Å². The second-order valence-electron chi connectivity index (χ2n) is 6.72. The van der Waals surface area contributed by atoms with E-state index in [-0.39, 0.29) is 36.6 Å². The molecule has 0 aromatic heterocycles. The summed E-state index contributed by atoms with van der Waals surface area (Å²) in [4.78, 5) is -0.316. The summed E-state index contributed by atoms with van der Waals surface area (Å²) < 4.78 is 104. The lowest BCUT2D eigenvalue weighted by atomic mass is 9.92. The van der Waals surface area contributed by atoms with Crippen LogP contribution in [0.15, 0.2) is 23.1 Å². The summed E-state index contributed by atoms with van der Waals surface area (Å²) in [6, 6.07) is 2.12. The van der Waals surface area contributed by atoms with E-state index in [0.717, 1.165) is 16.4 Å². The van der Waals surface area contributed by atoms with Crippen LogP contribution < -0.4 is 5.14 Å². The number of alkyl halides is 5. The molecule has 1 unspecified atom stereocenters. The maximum atomic E-state index is 14.4. The van der Waals surface area contributed by atoms with Gasteiger partial charge >= 0.3 is 6.18 Å². The molecule has 4 nitrogen and oxygen atoms in total. The maximum Gasteiger partial charge on any atom is 0.417 e. The molecule has 1 atom stereocenters. The van der Waals surface area contributed by atoms with Gasteiger partial charge in [-0.05, 0) is 31.0 Å². The highest BCUT2D eigenvalue weighted by atomic mass is 32.2. The third kappa shape index (κ3) is 3.68. The summed E-state index contributed by atoms with van der Waals surface area (Å²) in [5, 5.41) is 5.00. The van der Waals surface area contributed by atoms with Crippen LogP contribution in [-0.2, 0) is 16.4 Å². The summed E-state index contributed by atoms with van der Waals surface area (Å²) in [5.74, 6) is -5.61. The Morgan fingerprint density at radius 1 is 1.22 bits per heavy atom. The molecule has 1 saturated heterocycles. The minimum absolute atomic E-state index is 0.114. The fourth-order valence-corrected chi connectivity index (χ4v) is 5.76. The molecule has 27 heavy (non-hydrogen) atoms. The Balaban J connectivity index is 1.72. The van der Waals surface area contributed by atoms with Crippen LogP contribution in [0.1, 0.15) is 18.4 Å². The van der Waals surface area contributed by atoms with Crippen molar-refractivity contribution in [2.24, 2.45) is 16.5 Å². The van der Waals surface area contributed by atoms with Crippen molar-refractivity contribution in [3.05, 3.63) is 29.6 Å². The lowest BCUT2D eigenvalue weighted by molar-refractivity contribution is -0.139. The zero-order valence-electron chi connectivity index (χ0n) is 13.8. The zero-order chi connectivity index (χ0) is 20.3. The van der Waals surface area contributed by atoms with Gasteiger partial charge in [-0.15, -0.1) is 11.8 Å². The van der Waals surface area contributed by atoms with Gasteiger partial charge in [-0.3, -0.25) is 0 Å². The molecular formula is C15H16F6N2O2S2. The molecule has 1 aliphatic carbocycles. The Bertz CT molecular complexity index is 835. The van der Waals surface area contributed by atoms with Gasteiger partial charge in [0.2, 0.25) is 0 Å². The number of nitrogens with zero attached hydrogens (tertiary/aromatic N) is 1. The molecule has 2 fully saturated rings. The van der Waals surface area contributed by atoms with E-state index in [1.165, 1.54) is 0 Å². The molecule has 0 bridgehead atoms. The topological polar surface area (TPSA) is 63.4 Å². The molecule has 2 N–H and O–H groups in total. The van der Waals surface area contributed by atoms with E-state index in [1.54, 1.807) is 0 Å². The van der Waals surface area contributed by atoms with E-state index in [9.17, 15) is 34.8 Å². The maximum absolute atomic E-state index is 14.4. The number of piperidine rings is 1. The predicted octanol–water partition coefficient (Wildman–Crippen LogP) is 3.49. The number of nitrogens with two attached hydrogens (primary N) is 1. The van der Waals surface area contributed by atoms with Crippen molar-refractivity contribution in [1.82, 2.24) is 4.31 Å². The van der Waals surface area contributed by atoms with Crippen LogP contribution in [0.4, 0.5) is 26.3 Å². The summed E-state index contributed by atoms with van der Waals surface area (Å²) in [6.07, 6.45) is -5.02. The monoisotopic (exact) mass is 434 g/mol. The van der Waals surface area contributed by atoms with Crippen LogP contribution in [0.5, 0.6) is 0 Å². The van der Waals surface area contributed by atoms with Crippen molar-refractivity contribution in [2.45, 2.75) is 29.8 Å². The molecule has 1 heterocycles. The molecule has 0 radical (unpaired) electrons. The predicted molar refractivity (Wildman–Crippen MR) is 86.9 cm³/mol. The van der Waals surface area contributed by atoms with Crippen LogP contribution in [0.25, 0.3) is 0 Å². The van der Waals surface area contributed by atoms with Crippen LogP contribution in [0, 0.1) is 17.2 Å². The smallest absolute Gasteiger partial charge is 0.216 e. The first-order valence-electron chi connectivity index (χ1n) is 7.94. The zero-order valence-corrected chi connectivity index (χ0v) is 15.4. The molecule has 1 saturated carbocycles. The van der Waals surface area contributed by atoms with E-state index in [4.69, 9.17) is 5.14 Å². The largest absolute Gasteiger partial charge is 0.417 e. The van der Waals surface area contributed by atoms with Gasteiger partial charge in [0.1, 0.15) is 5.82 Å². The molecule has 152 valence electrons. The van der Waals surface area contributed by atoms with E-state index < -0.39 is 45.0 Å². The van der Waals surface area contributed by atoms with Crippen molar-refractivity contribution in [3.63, 3.8) is 0 Å². The number of rotatable bonds is 4. The van der Waals surface area contributed by atoms with E-state index in [0.29, 0.717) is 17.8 Å². The number of benzene rings is 1. The van der Waals surface area contributed by atoms with Crippen molar-refractivity contribution < 1.29 is 34.8 Å². The number of hydrogen-bond acceptors (Lipinski definition) is 3. The fourth-order valence-electron chi connectivity index (χ4n) is 3.70. The van der Waals surface area contributed by atoms with Gasteiger partial charge in [0.05, 0.1) is 5.56 Å². The summed E-state index contributed by atoms with van der Waals surface area (Å²) in [7, 11) is -3.96. The highest BCUT2D eigenvalue weighted by molar-refractivity contribution is 7.99. The lowest BCUT2D eigenvalue weighted by Crippen LogP contribution is -2.44. The number of hydrogen-bond donors (Lipinski definition) is 1. The lowest BCUT2D eigenvalue weighted by Gasteiger charge is -2.30. The Labute approximate surface area is 156 Å². The second-order valence-corrected chi connectivity index (χ2v) is 9.33. The molecular weight excluding hydrogens is 418 g/mol. The SMILES string of the molecule is NS(=O)(=O)N1CCC2(CC1)C(CSc1ccc(F)cc1C(F)(F)F)C2(F)F. The van der Waals surface area contributed by atoms with E-state index >= 15 is 0 Å². The highest BCUT2D eigenvalue weighted by Gasteiger charge is 2.79. The van der Waals surface area contributed by atoms with E-state index in [2.05, 4.69) is 0 Å². The van der Waals surface area contributed by atoms with Gasteiger partial charge in [-0.2, -0.15) is 25.9 Å². The first-order valence-corrected chi connectivity index (χ1v) is 10.4. The summed E-state index contributed by atoms with van der Waals surface area (Å²) in [6.45, 7) is -0.306. The third-order valence-electron chi connectivity index (χ3n) is 5.31. The highest BCUT2D eigenvalue weighted by Crippen LogP contribution is 2.71. The van der Waals surface area contributed by atoms with Gasteiger partial charge < -0.3 is 0 Å². The Morgan fingerprint density at radius 3 is 2.33 bits per heavy atom. The standard InChI is InChI=1S/C15H16F6N2O2S2/c16-9-1-2-11(10(7-9)15(19,20)21)26-8-12-13(14(12,17)18)3-5-23(6-4-13)27(22,24)25/h1-2,7,12H,3-6,8H2,(H2,22,24,25). The molecule has 3 rings (SSSR count). The molecule has 12 heteroatoms. The second kappa shape index (κ2) is 6.53. The molecule has 0 amide bonds. The minimum atomic E-state index is -4.80. The van der Waals surface area contributed by atoms with Crippen LogP contribution >= 0.6 is 11.8 Å². The van der Waals surface area contributed by atoms with Gasteiger partial charge in [0, 0.05) is 35.1 Å². The first-order chi connectivity index (χ1) is 12.3. The average Bonchev–Trinajstić information content (AvgIpc) is 2.98. The molecule has 2 aliphatic rings. The van der Waals surface area contributed by atoms with Crippen LogP contribution in [0.2, 0.25) is 0 Å². The summed E-state index contributed by atoms with van der Waals surface area (Å²) in [5.41, 5.74) is -2.63. The van der Waals surface area contributed by atoms with Crippen molar-refractivity contribution >= 4 is 22.0 Å². The first kappa shape index (κ1) is 20.7. The molecule has 1 aromatic carbocycles. The van der Waals surface area contributed by atoms with Gasteiger partial charge in [0.15, 0.2) is 0 Å². The molecule has 1 spiro atoms. The molecule has 1 aliphatic heterocycles. The normalized spacial score (nSPS) is 24.9. The van der Waals surface area contributed by atoms with Gasteiger partial charge in [-0.1, -0.05) is 0 Å². The average molecular weight is 434 g/mol. The van der Waals surface area contributed by atoms with Crippen molar-refractivity contribution in [2.75, 3.05) is 18.8 Å². The quantitative estimate of drug-likeness (QED) is 0.583. The van der Waals surface area contributed by atoms with Crippen molar-refractivity contribution in [3.8, 4) is 0 Å². The number of thioether (sulfide) groups is 1. The van der Waals surface area contributed by atoms with Crippen molar-refractivity contribution in [1.29, 1.82) is 0 Å². The van der Waals surface area contributed by atoms with Crippen LogP contribution in [-0.4, -0.2) is 37.5 Å². The Morgan fingerprint density at radius 2 is 1.81 bits per heavy atom. The Kier molecular flexibility index (Phi) is 5.02. The van der Waals surface area contributed by atoms with Crippen LogP contribution in [0.3, 0.4) is 0 Å². The van der Waals surface area contributed by atoms with Gasteiger partial charge in [-0.25, -0.2) is 18.3 Å². The summed E-state index contributed by atoms with van der Waals surface area (Å²) >= 11 is 0.606.